The van der Waals surface area contributed by atoms with Crippen LogP contribution in [-0.4, -0.2) is 48.4 Å². The molecule has 0 bridgehead atoms. The fourth-order valence-corrected chi connectivity index (χ4v) is 3.51. The number of carbonyl (C=O) groups is 1. The predicted molar refractivity (Wildman–Crippen MR) is 119 cm³/mol. The van der Waals surface area contributed by atoms with Crippen molar-refractivity contribution in [2.75, 3.05) is 28.8 Å². The van der Waals surface area contributed by atoms with Crippen LogP contribution in [-0.2, 0) is 6.42 Å². The Morgan fingerprint density at radius 1 is 1.16 bits per heavy atom. The number of alkyl halides is 1. The van der Waals surface area contributed by atoms with E-state index in [0.29, 0.717) is 22.3 Å². The number of hydrogen-bond donors (Lipinski definition) is 3. The summed E-state index contributed by atoms with van der Waals surface area (Å²) in [6.45, 7) is -0.0462. The highest BCUT2D eigenvalue weighted by atomic mass is 35.5. The predicted octanol–water partition coefficient (Wildman–Crippen LogP) is 2.83. The summed E-state index contributed by atoms with van der Waals surface area (Å²) in [7, 11) is 0. The normalized spacial score (nSPS) is 11.1. The van der Waals surface area contributed by atoms with Gasteiger partial charge in [-0.25, -0.2) is 9.18 Å². The van der Waals surface area contributed by atoms with Gasteiger partial charge >= 0.3 is 6.09 Å². The van der Waals surface area contributed by atoms with E-state index >= 15 is 0 Å². The Morgan fingerprint density at radius 2 is 1.88 bits per heavy atom. The number of carboxylic acid groups (broad SMARTS) is 1. The number of nitrogens with zero attached hydrogens (tertiary/aromatic N) is 6. The molecule has 1 aromatic carbocycles. The van der Waals surface area contributed by atoms with E-state index in [2.05, 4.69) is 20.1 Å². The van der Waals surface area contributed by atoms with Gasteiger partial charge in [-0.1, -0.05) is 18.2 Å². The quantitative estimate of drug-likeness (QED) is 0.375. The highest BCUT2D eigenvalue weighted by Gasteiger charge is 2.24. The molecule has 0 saturated carbocycles. The van der Waals surface area contributed by atoms with Crippen LogP contribution in [0.3, 0.4) is 0 Å². The summed E-state index contributed by atoms with van der Waals surface area (Å²) in [4.78, 5) is 25.3. The van der Waals surface area contributed by atoms with E-state index in [1.807, 2.05) is 0 Å². The van der Waals surface area contributed by atoms with Crippen LogP contribution in [0.4, 0.5) is 26.5 Å². The number of fused-ring (bicyclic) bond motifs is 1. The molecule has 0 atom stereocenters. The van der Waals surface area contributed by atoms with Crippen LogP contribution in [0.15, 0.2) is 42.6 Å². The number of nitrogen functional groups attached to an aromatic ring is 2. The molecular formula is C20H18ClFN8O2. The first kappa shape index (κ1) is 21.2. The maximum Gasteiger partial charge on any atom is 0.412 e. The molecular weight excluding hydrogens is 439 g/mol. The van der Waals surface area contributed by atoms with Gasteiger partial charge in [0.2, 0.25) is 0 Å². The van der Waals surface area contributed by atoms with Crippen molar-refractivity contribution in [1.82, 2.24) is 24.7 Å². The van der Waals surface area contributed by atoms with Gasteiger partial charge in [0.1, 0.15) is 17.0 Å². The number of aromatic nitrogens is 5. The first-order chi connectivity index (χ1) is 15.4. The van der Waals surface area contributed by atoms with Crippen LogP contribution >= 0.6 is 11.6 Å². The number of pyridine rings is 1. The Bertz CT molecular complexity index is 1290. The number of benzene rings is 1. The molecule has 32 heavy (non-hydrogen) atoms. The van der Waals surface area contributed by atoms with Crippen LogP contribution in [0.1, 0.15) is 11.3 Å². The van der Waals surface area contributed by atoms with Crippen molar-refractivity contribution < 1.29 is 14.3 Å². The summed E-state index contributed by atoms with van der Waals surface area (Å²) < 4.78 is 15.6. The lowest BCUT2D eigenvalue weighted by Crippen LogP contribution is -2.33. The number of anilines is 3. The minimum atomic E-state index is -1.29. The Hall–Kier alpha value is -3.99. The van der Waals surface area contributed by atoms with Crippen LogP contribution in [0.25, 0.3) is 17.0 Å². The third kappa shape index (κ3) is 3.85. The van der Waals surface area contributed by atoms with E-state index in [1.54, 1.807) is 36.5 Å². The van der Waals surface area contributed by atoms with Gasteiger partial charge in [-0.2, -0.15) is 19.7 Å². The molecule has 4 aromatic rings. The van der Waals surface area contributed by atoms with Crippen molar-refractivity contribution in [2.45, 2.75) is 6.42 Å². The van der Waals surface area contributed by atoms with Gasteiger partial charge in [0.15, 0.2) is 11.6 Å². The van der Waals surface area contributed by atoms with Gasteiger partial charge in [0, 0.05) is 25.0 Å². The molecule has 4 rings (SSSR count). The van der Waals surface area contributed by atoms with Gasteiger partial charge in [0.05, 0.1) is 11.2 Å². The maximum atomic E-state index is 14.2. The molecule has 1 amide bonds. The van der Waals surface area contributed by atoms with Gasteiger partial charge < -0.3 is 16.6 Å². The summed E-state index contributed by atoms with van der Waals surface area (Å²) in [5, 5.41) is 14.0. The molecule has 3 heterocycles. The number of amides is 1. The summed E-state index contributed by atoms with van der Waals surface area (Å²) >= 11 is 5.69. The molecule has 0 radical (unpaired) electrons. The van der Waals surface area contributed by atoms with Gasteiger partial charge in [-0.3, -0.25) is 9.88 Å². The van der Waals surface area contributed by atoms with Crippen LogP contribution < -0.4 is 16.4 Å². The molecule has 10 nitrogen and oxygen atoms in total. The first-order valence-electron chi connectivity index (χ1n) is 9.46. The van der Waals surface area contributed by atoms with Crippen LogP contribution in [0.5, 0.6) is 0 Å². The standard InChI is InChI=1S/C20H18ClFN8O2/c21-7-9-29(20(31)32)16-17(23)26-19(27-18(16)24)30-14-6-3-8-25-15(14)13(28-30)10-11-4-1-2-5-12(11)22/h1-6,8H,7,9-10H2,(H,31,32)(H4,23,24,26,27). The molecule has 0 unspecified atom stereocenters. The number of halogens is 2. The van der Waals surface area contributed by atoms with Gasteiger partial charge in [-0.05, 0) is 23.8 Å². The fraction of sp³-hybridized carbons (Fsp3) is 0.150. The summed E-state index contributed by atoms with van der Waals surface area (Å²) in [5.74, 6) is -0.598. The summed E-state index contributed by atoms with van der Waals surface area (Å²) in [6.07, 6.45) is 0.503. The minimum Gasteiger partial charge on any atom is -0.465 e. The third-order valence-electron chi connectivity index (χ3n) is 4.75. The molecule has 5 N–H and O–H groups in total. The van der Waals surface area contributed by atoms with E-state index in [9.17, 15) is 14.3 Å². The Balaban J connectivity index is 1.82. The molecule has 3 aromatic heterocycles. The zero-order valence-corrected chi connectivity index (χ0v) is 17.4. The molecule has 12 heteroatoms. The average molecular weight is 457 g/mol. The molecule has 0 aliphatic rings. The molecule has 0 fully saturated rings. The zero-order chi connectivity index (χ0) is 22.8. The van der Waals surface area contributed by atoms with Crippen molar-refractivity contribution in [3.63, 3.8) is 0 Å². The fourth-order valence-electron chi connectivity index (χ4n) is 3.34. The van der Waals surface area contributed by atoms with Gasteiger partial charge in [-0.15, -0.1) is 11.6 Å². The van der Waals surface area contributed by atoms with Crippen molar-refractivity contribution in [3.05, 3.63) is 59.7 Å². The molecule has 0 aliphatic heterocycles. The van der Waals surface area contributed by atoms with E-state index in [0.717, 1.165) is 4.90 Å². The molecule has 0 saturated heterocycles. The monoisotopic (exact) mass is 456 g/mol. The lowest BCUT2D eigenvalue weighted by molar-refractivity contribution is 0.202. The Kier molecular flexibility index (Phi) is 5.73. The molecule has 164 valence electrons. The van der Waals surface area contributed by atoms with Crippen molar-refractivity contribution in [1.29, 1.82) is 0 Å². The van der Waals surface area contributed by atoms with Crippen LogP contribution in [0.2, 0.25) is 0 Å². The van der Waals surface area contributed by atoms with Crippen molar-refractivity contribution in [3.8, 4) is 5.95 Å². The third-order valence-corrected chi connectivity index (χ3v) is 4.92. The second-order valence-electron chi connectivity index (χ2n) is 6.76. The summed E-state index contributed by atoms with van der Waals surface area (Å²) in [6, 6.07) is 9.85. The highest BCUT2D eigenvalue weighted by Crippen LogP contribution is 2.30. The number of rotatable bonds is 6. The topological polar surface area (TPSA) is 149 Å². The second-order valence-corrected chi connectivity index (χ2v) is 7.14. The van der Waals surface area contributed by atoms with E-state index in [4.69, 9.17) is 23.1 Å². The molecule has 0 spiro atoms. The Labute approximate surface area is 186 Å². The highest BCUT2D eigenvalue weighted by molar-refractivity contribution is 6.18. The average Bonchev–Trinajstić information content (AvgIpc) is 3.13. The minimum absolute atomic E-state index is 0.0257. The number of hydrogen-bond acceptors (Lipinski definition) is 7. The Morgan fingerprint density at radius 3 is 2.53 bits per heavy atom. The lowest BCUT2D eigenvalue weighted by Gasteiger charge is -2.20. The second kappa shape index (κ2) is 8.63. The van der Waals surface area contributed by atoms with Crippen molar-refractivity contribution in [2.24, 2.45) is 0 Å². The number of nitrogens with two attached hydrogens (primary N) is 2. The smallest absolute Gasteiger partial charge is 0.412 e. The lowest BCUT2D eigenvalue weighted by atomic mass is 10.1. The zero-order valence-electron chi connectivity index (χ0n) is 16.6. The maximum absolute atomic E-state index is 14.2. The molecule has 0 aliphatic carbocycles. The van der Waals surface area contributed by atoms with E-state index in [1.165, 1.54) is 10.7 Å². The van der Waals surface area contributed by atoms with Gasteiger partial charge in [0.25, 0.3) is 5.95 Å². The SMILES string of the molecule is Nc1nc(-n2nc(Cc3ccccc3F)c3ncccc32)nc(N)c1N(CCCl)C(=O)O. The van der Waals surface area contributed by atoms with Crippen LogP contribution in [0, 0.1) is 5.82 Å². The summed E-state index contributed by atoms with van der Waals surface area (Å²) in [5.41, 5.74) is 14.1. The van der Waals surface area contributed by atoms with E-state index < -0.39 is 6.09 Å². The van der Waals surface area contributed by atoms with Crippen molar-refractivity contribution >= 4 is 46.1 Å². The first-order valence-corrected chi connectivity index (χ1v) is 10.00. The van der Waals surface area contributed by atoms with E-state index in [-0.39, 0.29) is 47.9 Å². The largest absolute Gasteiger partial charge is 0.465 e.